The van der Waals surface area contributed by atoms with Gasteiger partial charge in [-0.05, 0) is 42.1 Å². The molecule has 0 radical (unpaired) electrons. The van der Waals surface area contributed by atoms with E-state index in [0.717, 1.165) is 0 Å². The zero-order valence-corrected chi connectivity index (χ0v) is 11.9. The van der Waals surface area contributed by atoms with Crippen LogP contribution in [0.15, 0.2) is 54.7 Å². The Bertz CT molecular complexity index is 758. The zero-order valence-electron chi connectivity index (χ0n) is 11.9. The van der Waals surface area contributed by atoms with Crippen LogP contribution in [0, 0.1) is 6.92 Å². The largest absolute Gasteiger partial charge is 0.478 e. The quantitative estimate of drug-likeness (QED) is 0.674. The standard InChI is InChI=1S/C9H8O4.C8H7N/c1-5-6(8(10)11)3-2-4-7(5)9(12)13;1-2-4-8-7(3-1)5-6-9-8/h2-4H,1H3,(H,10,11)(H,12,13);1-6,9H. The predicted molar refractivity (Wildman–Crippen MR) is 83.4 cm³/mol. The van der Waals surface area contributed by atoms with Gasteiger partial charge in [0, 0.05) is 11.7 Å². The van der Waals surface area contributed by atoms with Crippen LogP contribution in [0.2, 0.25) is 0 Å². The summed E-state index contributed by atoms with van der Waals surface area (Å²) in [7, 11) is 0. The van der Waals surface area contributed by atoms with Crippen LogP contribution < -0.4 is 0 Å². The summed E-state index contributed by atoms with van der Waals surface area (Å²) in [5.74, 6) is -2.22. The number of nitrogens with one attached hydrogen (secondary N) is 1. The van der Waals surface area contributed by atoms with Gasteiger partial charge >= 0.3 is 11.9 Å². The first kappa shape index (κ1) is 15.3. The Morgan fingerprint density at radius 1 is 0.864 bits per heavy atom. The molecule has 0 spiro atoms. The van der Waals surface area contributed by atoms with Crippen molar-refractivity contribution >= 4 is 22.8 Å². The summed E-state index contributed by atoms with van der Waals surface area (Å²) >= 11 is 0. The van der Waals surface area contributed by atoms with E-state index in [9.17, 15) is 9.59 Å². The lowest BCUT2D eigenvalue weighted by molar-refractivity contribution is 0.0696. The van der Waals surface area contributed by atoms with Crippen LogP contribution in [-0.2, 0) is 0 Å². The molecular formula is C17H15NO4. The van der Waals surface area contributed by atoms with Crippen molar-refractivity contribution in [3.05, 3.63) is 71.4 Å². The minimum absolute atomic E-state index is 0.0277. The number of benzene rings is 2. The van der Waals surface area contributed by atoms with Gasteiger partial charge in [-0.2, -0.15) is 0 Å². The van der Waals surface area contributed by atoms with Gasteiger partial charge < -0.3 is 15.2 Å². The molecule has 0 atom stereocenters. The second-order valence-electron chi connectivity index (χ2n) is 4.65. The Hall–Kier alpha value is -3.08. The van der Waals surface area contributed by atoms with Gasteiger partial charge in [0.1, 0.15) is 0 Å². The van der Waals surface area contributed by atoms with Crippen molar-refractivity contribution in [2.45, 2.75) is 6.92 Å². The minimum atomic E-state index is -1.11. The first-order valence-corrected chi connectivity index (χ1v) is 6.59. The molecule has 0 saturated carbocycles. The Labute approximate surface area is 126 Å². The predicted octanol–water partition coefficient (Wildman–Crippen LogP) is 3.56. The molecule has 0 fully saturated rings. The van der Waals surface area contributed by atoms with Crippen molar-refractivity contribution in [3.63, 3.8) is 0 Å². The number of fused-ring (bicyclic) bond motifs is 1. The smallest absolute Gasteiger partial charge is 0.335 e. The molecule has 0 bridgehead atoms. The van der Waals surface area contributed by atoms with Crippen LogP contribution in [0.5, 0.6) is 0 Å². The summed E-state index contributed by atoms with van der Waals surface area (Å²) in [5.41, 5.74) is 1.54. The number of aromatic nitrogens is 1. The van der Waals surface area contributed by atoms with Crippen molar-refractivity contribution in [2.75, 3.05) is 0 Å². The van der Waals surface area contributed by atoms with E-state index in [4.69, 9.17) is 10.2 Å². The summed E-state index contributed by atoms with van der Waals surface area (Å²) in [4.78, 5) is 24.3. The van der Waals surface area contributed by atoms with E-state index in [1.807, 2.05) is 18.3 Å². The Morgan fingerprint density at radius 2 is 1.45 bits per heavy atom. The van der Waals surface area contributed by atoms with Crippen LogP contribution in [0.1, 0.15) is 26.3 Å². The van der Waals surface area contributed by atoms with Gasteiger partial charge in [0.2, 0.25) is 0 Å². The molecule has 5 heteroatoms. The number of H-pyrrole nitrogens is 1. The Morgan fingerprint density at radius 3 is 2.00 bits per heavy atom. The number of carboxylic acids is 2. The highest BCUT2D eigenvalue weighted by molar-refractivity contribution is 5.96. The van der Waals surface area contributed by atoms with E-state index in [1.54, 1.807) is 0 Å². The molecule has 1 heterocycles. The molecule has 1 aromatic heterocycles. The highest BCUT2D eigenvalue weighted by Crippen LogP contribution is 2.13. The van der Waals surface area contributed by atoms with E-state index in [2.05, 4.69) is 23.2 Å². The third kappa shape index (κ3) is 3.32. The average molecular weight is 297 g/mol. The Kier molecular flexibility index (Phi) is 4.58. The molecule has 0 saturated heterocycles. The molecule has 22 heavy (non-hydrogen) atoms. The van der Waals surface area contributed by atoms with E-state index in [1.165, 1.54) is 36.0 Å². The van der Waals surface area contributed by atoms with Crippen molar-refractivity contribution in [3.8, 4) is 0 Å². The van der Waals surface area contributed by atoms with E-state index in [0.29, 0.717) is 0 Å². The van der Waals surface area contributed by atoms with Gasteiger partial charge in [-0.25, -0.2) is 9.59 Å². The van der Waals surface area contributed by atoms with Gasteiger partial charge in [0.25, 0.3) is 0 Å². The van der Waals surface area contributed by atoms with E-state index < -0.39 is 11.9 Å². The van der Waals surface area contributed by atoms with Crippen LogP contribution in [-0.4, -0.2) is 27.1 Å². The first-order chi connectivity index (χ1) is 10.5. The molecule has 3 rings (SSSR count). The fourth-order valence-electron chi connectivity index (χ4n) is 2.09. The highest BCUT2D eigenvalue weighted by Gasteiger charge is 2.13. The molecular weight excluding hydrogens is 282 g/mol. The second-order valence-corrected chi connectivity index (χ2v) is 4.65. The maximum Gasteiger partial charge on any atom is 0.335 e. The van der Waals surface area contributed by atoms with Crippen molar-refractivity contribution < 1.29 is 19.8 Å². The number of hydrogen-bond acceptors (Lipinski definition) is 2. The summed E-state index contributed by atoms with van der Waals surface area (Å²) < 4.78 is 0. The fourth-order valence-corrected chi connectivity index (χ4v) is 2.09. The number of carbonyl (C=O) groups is 2. The van der Waals surface area contributed by atoms with Crippen LogP contribution in [0.3, 0.4) is 0 Å². The van der Waals surface area contributed by atoms with Crippen molar-refractivity contribution in [1.29, 1.82) is 0 Å². The lowest BCUT2D eigenvalue weighted by atomic mass is 10.0. The molecule has 0 aliphatic heterocycles. The van der Waals surface area contributed by atoms with Crippen LogP contribution >= 0.6 is 0 Å². The molecule has 3 aromatic rings. The molecule has 0 unspecified atom stereocenters. The third-order valence-corrected chi connectivity index (χ3v) is 3.26. The van der Waals surface area contributed by atoms with Gasteiger partial charge in [0.15, 0.2) is 0 Å². The number of hydrogen-bond donors (Lipinski definition) is 3. The van der Waals surface area contributed by atoms with Gasteiger partial charge in [-0.1, -0.05) is 24.3 Å². The molecule has 0 amide bonds. The summed E-state index contributed by atoms with van der Waals surface area (Å²) in [5, 5.41) is 18.6. The molecule has 112 valence electrons. The second kappa shape index (κ2) is 6.58. The average Bonchev–Trinajstić information content (AvgIpc) is 2.96. The van der Waals surface area contributed by atoms with Crippen LogP contribution in [0.4, 0.5) is 0 Å². The summed E-state index contributed by atoms with van der Waals surface area (Å²) in [6.45, 7) is 1.48. The molecule has 0 aliphatic carbocycles. The summed E-state index contributed by atoms with van der Waals surface area (Å²) in [6.07, 6.45) is 1.95. The molecule has 2 aromatic carbocycles. The van der Waals surface area contributed by atoms with Crippen molar-refractivity contribution in [1.82, 2.24) is 4.98 Å². The number of para-hydroxylation sites is 1. The highest BCUT2D eigenvalue weighted by atomic mass is 16.4. The Balaban J connectivity index is 0.000000170. The lowest BCUT2D eigenvalue weighted by Gasteiger charge is -2.03. The number of aromatic amines is 1. The number of aromatic carboxylic acids is 2. The normalized spacial score (nSPS) is 9.86. The first-order valence-electron chi connectivity index (χ1n) is 6.59. The number of rotatable bonds is 2. The zero-order chi connectivity index (χ0) is 16.1. The van der Waals surface area contributed by atoms with Gasteiger partial charge in [0.05, 0.1) is 11.1 Å². The van der Waals surface area contributed by atoms with E-state index >= 15 is 0 Å². The maximum absolute atomic E-state index is 10.6. The topological polar surface area (TPSA) is 90.4 Å². The molecule has 5 nitrogen and oxygen atoms in total. The van der Waals surface area contributed by atoms with E-state index in [-0.39, 0.29) is 16.7 Å². The fraction of sp³-hybridized carbons (Fsp3) is 0.0588. The maximum atomic E-state index is 10.6. The minimum Gasteiger partial charge on any atom is -0.478 e. The lowest BCUT2D eigenvalue weighted by Crippen LogP contribution is -2.06. The monoisotopic (exact) mass is 297 g/mol. The van der Waals surface area contributed by atoms with Crippen molar-refractivity contribution in [2.24, 2.45) is 0 Å². The number of carboxylic acid groups (broad SMARTS) is 2. The van der Waals surface area contributed by atoms with Crippen LogP contribution in [0.25, 0.3) is 10.9 Å². The van der Waals surface area contributed by atoms with Gasteiger partial charge in [-0.15, -0.1) is 0 Å². The third-order valence-electron chi connectivity index (χ3n) is 3.26. The molecule has 0 aliphatic rings. The molecule has 3 N–H and O–H groups in total. The van der Waals surface area contributed by atoms with Gasteiger partial charge in [-0.3, -0.25) is 0 Å². The SMILES string of the molecule is Cc1c(C(=O)O)cccc1C(=O)O.c1ccc2[nH]ccc2c1. The summed E-state index contributed by atoms with van der Waals surface area (Å²) in [6, 6.07) is 14.5.